The Morgan fingerprint density at radius 1 is 1.21 bits per heavy atom. The molecule has 2 atom stereocenters. The number of aromatic nitrogens is 3. The monoisotopic (exact) mass is 477 g/mol. The lowest BCUT2D eigenvalue weighted by Gasteiger charge is -2.44. The highest BCUT2D eigenvalue weighted by molar-refractivity contribution is 7.15. The average Bonchev–Trinajstić information content (AvgIpc) is 3.48. The highest BCUT2D eigenvalue weighted by atomic mass is 32.1. The predicted molar refractivity (Wildman–Crippen MR) is 134 cm³/mol. The summed E-state index contributed by atoms with van der Waals surface area (Å²) in [7, 11) is 0. The Balaban J connectivity index is 1.38. The summed E-state index contributed by atoms with van der Waals surface area (Å²) in [6.45, 7) is 6.05. The van der Waals surface area contributed by atoms with Gasteiger partial charge in [-0.2, -0.15) is 0 Å². The SMILES string of the molecule is Cc1cc(Nc2nccc(C3CC3)n2)cc(-c2cnc([C@@]3(O)CC[C@H](C(N)=O)C(C)(C)C3)s2)c1. The Hall–Kier alpha value is -2.84. The number of nitrogens with one attached hydrogen (secondary N) is 1. The number of rotatable bonds is 6. The molecule has 4 N–H and O–H groups in total. The summed E-state index contributed by atoms with van der Waals surface area (Å²) in [6.07, 6.45) is 7.53. The Bertz CT molecular complexity index is 1240. The number of aliphatic hydroxyl groups is 1. The second kappa shape index (κ2) is 8.43. The number of amides is 1. The largest absolute Gasteiger partial charge is 0.383 e. The van der Waals surface area contributed by atoms with Gasteiger partial charge in [-0.15, -0.1) is 11.3 Å². The summed E-state index contributed by atoms with van der Waals surface area (Å²) >= 11 is 1.50. The lowest BCUT2D eigenvalue weighted by atomic mass is 9.63. The van der Waals surface area contributed by atoms with Crippen molar-refractivity contribution in [3.8, 4) is 10.4 Å². The predicted octanol–water partition coefficient (Wildman–Crippen LogP) is 5.03. The highest BCUT2D eigenvalue weighted by Gasteiger charge is 2.48. The van der Waals surface area contributed by atoms with Gasteiger partial charge in [-0.3, -0.25) is 4.79 Å². The molecular weight excluding hydrogens is 446 g/mol. The zero-order valence-corrected chi connectivity index (χ0v) is 20.7. The van der Waals surface area contributed by atoms with Crippen LogP contribution in [0.25, 0.3) is 10.4 Å². The van der Waals surface area contributed by atoms with Crippen LogP contribution in [0.1, 0.15) is 68.1 Å². The number of primary amides is 1. The van der Waals surface area contributed by atoms with Crippen molar-refractivity contribution in [1.29, 1.82) is 0 Å². The third-order valence-electron chi connectivity index (χ3n) is 7.08. The van der Waals surface area contributed by atoms with Crippen LogP contribution in [0.15, 0.2) is 36.7 Å². The maximum Gasteiger partial charge on any atom is 0.227 e. The fourth-order valence-corrected chi connectivity index (χ4v) is 6.26. The fraction of sp³-hybridized carbons (Fsp3) is 0.462. The number of nitrogens with zero attached hydrogens (tertiary/aromatic N) is 3. The summed E-state index contributed by atoms with van der Waals surface area (Å²) in [4.78, 5) is 26.5. The molecule has 2 aliphatic carbocycles. The molecule has 2 saturated carbocycles. The topological polar surface area (TPSA) is 114 Å². The minimum Gasteiger partial charge on any atom is -0.383 e. The lowest BCUT2D eigenvalue weighted by Crippen LogP contribution is -2.46. The highest BCUT2D eigenvalue weighted by Crippen LogP contribution is 2.50. The van der Waals surface area contributed by atoms with E-state index in [0.29, 0.717) is 36.1 Å². The molecular formula is C26H31N5O2S. The van der Waals surface area contributed by atoms with E-state index in [1.54, 1.807) is 0 Å². The molecule has 34 heavy (non-hydrogen) atoms. The van der Waals surface area contributed by atoms with Gasteiger partial charge in [0.25, 0.3) is 0 Å². The van der Waals surface area contributed by atoms with Gasteiger partial charge in [0.05, 0.1) is 4.88 Å². The zero-order chi connectivity index (χ0) is 24.1. The summed E-state index contributed by atoms with van der Waals surface area (Å²) in [6, 6.07) is 8.24. The molecule has 3 aromatic rings. The van der Waals surface area contributed by atoms with Gasteiger partial charge in [-0.25, -0.2) is 15.0 Å². The van der Waals surface area contributed by atoms with Crippen molar-refractivity contribution in [2.75, 3.05) is 5.32 Å². The Kier molecular flexibility index (Phi) is 5.68. The molecule has 8 heteroatoms. The fourth-order valence-electron chi connectivity index (χ4n) is 5.24. The normalized spacial score (nSPS) is 24.1. The molecule has 0 spiro atoms. The van der Waals surface area contributed by atoms with Crippen molar-refractivity contribution in [1.82, 2.24) is 15.0 Å². The van der Waals surface area contributed by atoms with Gasteiger partial charge in [0.1, 0.15) is 10.6 Å². The van der Waals surface area contributed by atoms with Crippen molar-refractivity contribution in [2.24, 2.45) is 17.1 Å². The second-order valence-corrected chi connectivity index (χ2v) is 11.5. The maximum atomic E-state index is 11.9. The maximum absolute atomic E-state index is 11.9. The van der Waals surface area contributed by atoms with Crippen molar-refractivity contribution < 1.29 is 9.90 Å². The van der Waals surface area contributed by atoms with E-state index in [1.165, 1.54) is 24.2 Å². The first-order valence-corrected chi connectivity index (χ1v) is 12.6. The van der Waals surface area contributed by atoms with Gasteiger partial charge in [0, 0.05) is 35.6 Å². The number of carbonyl (C=O) groups is 1. The Morgan fingerprint density at radius 2 is 2.00 bits per heavy atom. The summed E-state index contributed by atoms with van der Waals surface area (Å²) < 4.78 is 0. The number of anilines is 2. The number of carbonyl (C=O) groups excluding carboxylic acids is 1. The van der Waals surface area contributed by atoms with Crippen LogP contribution in [-0.4, -0.2) is 26.0 Å². The van der Waals surface area contributed by atoms with Crippen LogP contribution in [0.3, 0.4) is 0 Å². The molecule has 0 aliphatic heterocycles. The molecule has 0 radical (unpaired) electrons. The third-order valence-corrected chi connectivity index (χ3v) is 8.32. The third kappa shape index (κ3) is 4.57. The van der Waals surface area contributed by atoms with Crippen molar-refractivity contribution >= 4 is 28.9 Å². The zero-order valence-electron chi connectivity index (χ0n) is 19.8. The molecule has 0 saturated heterocycles. The minimum absolute atomic E-state index is 0.238. The van der Waals surface area contributed by atoms with E-state index in [-0.39, 0.29) is 17.2 Å². The van der Waals surface area contributed by atoms with E-state index in [4.69, 9.17) is 5.73 Å². The molecule has 0 bridgehead atoms. The summed E-state index contributed by atoms with van der Waals surface area (Å²) in [5.41, 5.74) is 8.31. The van der Waals surface area contributed by atoms with Gasteiger partial charge < -0.3 is 16.2 Å². The van der Waals surface area contributed by atoms with Gasteiger partial charge in [0.15, 0.2) is 0 Å². The average molecular weight is 478 g/mol. The van der Waals surface area contributed by atoms with Crippen LogP contribution in [0, 0.1) is 18.3 Å². The van der Waals surface area contributed by atoms with Gasteiger partial charge in [0.2, 0.25) is 11.9 Å². The van der Waals surface area contributed by atoms with Crippen LogP contribution in [0.5, 0.6) is 0 Å². The first-order chi connectivity index (χ1) is 16.1. The van der Waals surface area contributed by atoms with E-state index in [2.05, 4.69) is 45.4 Å². The van der Waals surface area contributed by atoms with Crippen LogP contribution in [0.4, 0.5) is 11.6 Å². The molecule has 2 heterocycles. The first-order valence-electron chi connectivity index (χ1n) is 11.8. The number of hydrogen-bond acceptors (Lipinski definition) is 7. The smallest absolute Gasteiger partial charge is 0.227 e. The van der Waals surface area contributed by atoms with E-state index in [9.17, 15) is 9.90 Å². The number of thiazole rings is 1. The van der Waals surface area contributed by atoms with E-state index < -0.39 is 5.60 Å². The van der Waals surface area contributed by atoms with Gasteiger partial charge >= 0.3 is 0 Å². The molecule has 5 rings (SSSR count). The minimum atomic E-state index is -1.06. The second-order valence-electron chi connectivity index (χ2n) is 10.5. The lowest BCUT2D eigenvalue weighted by molar-refractivity contribution is -0.134. The Morgan fingerprint density at radius 3 is 2.71 bits per heavy atom. The number of benzene rings is 1. The van der Waals surface area contributed by atoms with Crippen molar-refractivity contribution in [3.63, 3.8) is 0 Å². The van der Waals surface area contributed by atoms with Crippen molar-refractivity contribution in [3.05, 3.63) is 52.9 Å². The quantitative estimate of drug-likeness (QED) is 0.459. The van der Waals surface area contributed by atoms with Crippen LogP contribution >= 0.6 is 11.3 Å². The van der Waals surface area contributed by atoms with Gasteiger partial charge in [-0.1, -0.05) is 19.9 Å². The number of nitrogens with two attached hydrogens (primary N) is 1. The molecule has 2 fully saturated rings. The summed E-state index contributed by atoms with van der Waals surface area (Å²) in [5, 5.41) is 15.5. The Labute approximate surface area is 203 Å². The first kappa shape index (κ1) is 22.9. The molecule has 0 unspecified atom stereocenters. The van der Waals surface area contributed by atoms with E-state index in [1.807, 2.05) is 32.3 Å². The van der Waals surface area contributed by atoms with Crippen LogP contribution < -0.4 is 11.1 Å². The van der Waals surface area contributed by atoms with Crippen molar-refractivity contribution in [2.45, 2.75) is 64.4 Å². The number of hydrogen-bond donors (Lipinski definition) is 3. The molecule has 7 nitrogen and oxygen atoms in total. The van der Waals surface area contributed by atoms with E-state index >= 15 is 0 Å². The molecule has 178 valence electrons. The van der Waals surface area contributed by atoms with E-state index in [0.717, 1.165) is 27.4 Å². The summed E-state index contributed by atoms with van der Waals surface area (Å²) in [5.74, 6) is 0.645. The standard InChI is InChI=1S/C26H31N5O2S/c1-15-10-17(12-18(11-15)30-24-28-9-7-20(31-24)16-4-5-16)21-13-29-23(34-21)26(33)8-6-19(22(27)32)25(2,3)14-26/h7,9-13,16,19,33H,4-6,8,14H2,1-3H3,(H2,27,32)(H,28,30,31)/t19-,26-/m1/s1. The van der Waals surface area contributed by atoms with Crippen LogP contribution in [-0.2, 0) is 10.4 Å². The van der Waals surface area contributed by atoms with Gasteiger partial charge in [-0.05, 0) is 73.8 Å². The molecule has 2 aliphatic rings. The number of aryl methyl sites for hydroxylation is 1. The van der Waals surface area contributed by atoms with Crippen LogP contribution in [0.2, 0.25) is 0 Å². The molecule has 1 aromatic carbocycles. The molecule has 2 aromatic heterocycles. The molecule has 1 amide bonds.